The zero-order valence-corrected chi connectivity index (χ0v) is 7.86. The Bertz CT molecular complexity index is 151. The van der Waals surface area contributed by atoms with E-state index in [9.17, 15) is 4.79 Å². The molecule has 0 atom stereocenters. The smallest absolute Gasteiger partial charge is 0.237 e. The van der Waals surface area contributed by atoms with E-state index < -0.39 is 0 Å². The lowest BCUT2D eigenvalue weighted by Crippen LogP contribution is -2.25. The number of hydrogen-bond acceptors (Lipinski definition) is 3. The molecular formula is C7H14N2OS. The van der Waals surface area contributed by atoms with Crippen molar-refractivity contribution in [1.29, 1.82) is 0 Å². The van der Waals surface area contributed by atoms with Gasteiger partial charge < -0.3 is 4.90 Å². The molecule has 0 saturated carbocycles. The molecule has 1 amide bonds. The lowest BCUT2D eigenvalue weighted by Gasteiger charge is -2.12. The molecule has 1 rings (SSSR count). The second-order valence-electron chi connectivity index (χ2n) is 2.78. The third kappa shape index (κ3) is 2.38. The summed E-state index contributed by atoms with van der Waals surface area (Å²) >= 11 is 1.82. The number of amides is 1. The van der Waals surface area contributed by atoms with Crippen LogP contribution in [0.25, 0.3) is 0 Å². The molecular weight excluding hydrogens is 160 g/mol. The van der Waals surface area contributed by atoms with Crippen molar-refractivity contribution in [2.45, 2.75) is 0 Å². The fraction of sp³-hybridized carbons (Fsp3) is 0.857. The third-order valence-electron chi connectivity index (χ3n) is 1.81. The van der Waals surface area contributed by atoms with Crippen LogP contribution in [0, 0.1) is 0 Å². The summed E-state index contributed by atoms with van der Waals surface area (Å²) in [5, 5.41) is 0. The molecule has 11 heavy (non-hydrogen) atoms. The molecule has 1 aliphatic heterocycles. The fourth-order valence-electron chi connectivity index (χ4n) is 1.11. The first-order chi connectivity index (χ1) is 5.24. The highest BCUT2D eigenvalue weighted by atomic mass is 32.2. The van der Waals surface area contributed by atoms with E-state index in [2.05, 4.69) is 11.2 Å². The molecule has 0 bridgehead atoms. The topological polar surface area (TPSA) is 23.6 Å². The molecule has 0 N–H and O–H groups in total. The Kier molecular flexibility index (Phi) is 3.20. The van der Waals surface area contributed by atoms with Crippen molar-refractivity contribution >= 4 is 17.7 Å². The van der Waals surface area contributed by atoms with E-state index in [0.29, 0.717) is 6.54 Å². The summed E-state index contributed by atoms with van der Waals surface area (Å²) in [6.07, 6.45) is 2.08. The summed E-state index contributed by atoms with van der Waals surface area (Å²) in [5.74, 6) is 1.35. The highest BCUT2D eigenvalue weighted by molar-refractivity contribution is 7.98. The lowest BCUT2D eigenvalue weighted by atomic mass is 10.5. The molecule has 0 unspecified atom stereocenters. The Balaban J connectivity index is 2.24. The Morgan fingerprint density at radius 2 is 2.36 bits per heavy atom. The lowest BCUT2D eigenvalue weighted by molar-refractivity contribution is -0.125. The normalized spacial score (nSPS) is 19.8. The van der Waals surface area contributed by atoms with Crippen LogP contribution in [0.2, 0.25) is 0 Å². The van der Waals surface area contributed by atoms with E-state index in [-0.39, 0.29) is 5.91 Å². The highest BCUT2D eigenvalue weighted by Gasteiger charge is 2.22. The van der Waals surface area contributed by atoms with Crippen LogP contribution in [0.15, 0.2) is 0 Å². The first-order valence-corrected chi connectivity index (χ1v) is 5.08. The van der Waals surface area contributed by atoms with E-state index in [1.807, 2.05) is 18.8 Å². The van der Waals surface area contributed by atoms with Crippen LogP contribution in [-0.4, -0.2) is 54.5 Å². The van der Waals surface area contributed by atoms with Gasteiger partial charge in [0.05, 0.1) is 13.2 Å². The molecule has 1 heterocycles. The van der Waals surface area contributed by atoms with Gasteiger partial charge in [0.15, 0.2) is 0 Å². The number of hydrogen-bond donors (Lipinski definition) is 0. The summed E-state index contributed by atoms with van der Waals surface area (Å²) in [4.78, 5) is 15.0. The van der Waals surface area contributed by atoms with Gasteiger partial charge in [-0.1, -0.05) is 0 Å². The van der Waals surface area contributed by atoms with Gasteiger partial charge in [0.2, 0.25) is 5.91 Å². The number of thioether (sulfide) groups is 1. The van der Waals surface area contributed by atoms with E-state index >= 15 is 0 Å². The molecule has 0 radical (unpaired) electrons. The van der Waals surface area contributed by atoms with E-state index in [0.717, 1.165) is 19.0 Å². The largest absolute Gasteiger partial charge is 0.332 e. The van der Waals surface area contributed by atoms with Crippen LogP contribution in [0.1, 0.15) is 0 Å². The molecule has 0 aliphatic carbocycles. The van der Waals surface area contributed by atoms with E-state index in [4.69, 9.17) is 0 Å². The second kappa shape index (κ2) is 3.97. The zero-order valence-electron chi connectivity index (χ0n) is 7.04. The van der Waals surface area contributed by atoms with Crippen LogP contribution < -0.4 is 0 Å². The molecule has 0 aromatic heterocycles. The van der Waals surface area contributed by atoms with Crippen molar-refractivity contribution in [3.8, 4) is 0 Å². The average Bonchev–Trinajstić information content (AvgIpc) is 2.28. The maximum atomic E-state index is 11.0. The van der Waals surface area contributed by atoms with Gasteiger partial charge in [-0.2, -0.15) is 11.8 Å². The zero-order chi connectivity index (χ0) is 8.27. The Morgan fingerprint density at radius 3 is 2.82 bits per heavy atom. The minimum Gasteiger partial charge on any atom is -0.332 e. The number of likely N-dealkylation sites (N-methyl/N-ethyl adjacent to an activating group) is 1. The van der Waals surface area contributed by atoms with Gasteiger partial charge in [-0.05, 0) is 6.26 Å². The number of carbonyl (C=O) groups is 1. The van der Waals surface area contributed by atoms with Gasteiger partial charge in [-0.3, -0.25) is 9.69 Å². The first-order valence-electron chi connectivity index (χ1n) is 3.69. The van der Waals surface area contributed by atoms with Gasteiger partial charge in [-0.15, -0.1) is 0 Å². The van der Waals surface area contributed by atoms with E-state index in [1.54, 1.807) is 4.90 Å². The maximum Gasteiger partial charge on any atom is 0.237 e. The van der Waals surface area contributed by atoms with Gasteiger partial charge in [-0.25, -0.2) is 0 Å². The third-order valence-corrected chi connectivity index (χ3v) is 2.40. The van der Waals surface area contributed by atoms with Crippen molar-refractivity contribution in [3.63, 3.8) is 0 Å². The minimum atomic E-state index is 0.242. The standard InChI is InChI=1S/C7H14N2OS/c1-8-6-9(3-4-11-2)5-7(8)10/h3-6H2,1-2H3. The molecule has 1 aliphatic rings. The van der Waals surface area contributed by atoms with Crippen LogP contribution in [0.3, 0.4) is 0 Å². The maximum absolute atomic E-state index is 11.0. The van der Waals surface area contributed by atoms with Gasteiger partial charge >= 0.3 is 0 Å². The second-order valence-corrected chi connectivity index (χ2v) is 3.76. The molecule has 4 heteroatoms. The van der Waals surface area contributed by atoms with Crippen molar-refractivity contribution in [2.24, 2.45) is 0 Å². The molecule has 0 aromatic rings. The van der Waals surface area contributed by atoms with Gasteiger partial charge in [0.25, 0.3) is 0 Å². The Labute approximate surface area is 71.7 Å². The van der Waals surface area contributed by atoms with Crippen molar-refractivity contribution in [2.75, 3.05) is 38.8 Å². The molecule has 3 nitrogen and oxygen atoms in total. The quantitative estimate of drug-likeness (QED) is 0.605. The molecule has 1 fully saturated rings. The predicted molar refractivity (Wildman–Crippen MR) is 47.6 cm³/mol. The summed E-state index contributed by atoms with van der Waals surface area (Å²) in [6.45, 7) is 2.44. The number of carbonyl (C=O) groups excluding carboxylic acids is 1. The molecule has 64 valence electrons. The number of rotatable bonds is 3. The summed E-state index contributed by atoms with van der Waals surface area (Å²) in [6, 6.07) is 0. The summed E-state index contributed by atoms with van der Waals surface area (Å²) in [7, 11) is 1.85. The van der Waals surface area contributed by atoms with Crippen LogP contribution in [0.5, 0.6) is 0 Å². The summed E-state index contributed by atoms with van der Waals surface area (Å²) < 4.78 is 0. The van der Waals surface area contributed by atoms with Crippen molar-refractivity contribution < 1.29 is 4.79 Å². The van der Waals surface area contributed by atoms with Crippen molar-refractivity contribution in [1.82, 2.24) is 9.80 Å². The highest BCUT2D eigenvalue weighted by Crippen LogP contribution is 2.04. The van der Waals surface area contributed by atoms with Gasteiger partial charge in [0.1, 0.15) is 0 Å². The predicted octanol–water partition coefficient (Wildman–Crippen LogP) is 0.0809. The minimum absolute atomic E-state index is 0.242. The van der Waals surface area contributed by atoms with Crippen LogP contribution in [-0.2, 0) is 4.79 Å². The molecule has 0 aromatic carbocycles. The Morgan fingerprint density at radius 1 is 1.64 bits per heavy atom. The van der Waals surface area contributed by atoms with E-state index in [1.165, 1.54) is 0 Å². The van der Waals surface area contributed by atoms with Crippen LogP contribution in [0.4, 0.5) is 0 Å². The van der Waals surface area contributed by atoms with Crippen molar-refractivity contribution in [3.05, 3.63) is 0 Å². The molecule has 0 spiro atoms. The fourth-order valence-corrected chi connectivity index (χ4v) is 1.55. The number of nitrogens with zero attached hydrogens (tertiary/aromatic N) is 2. The van der Waals surface area contributed by atoms with Crippen LogP contribution >= 0.6 is 11.8 Å². The first kappa shape index (κ1) is 8.87. The summed E-state index contributed by atoms with van der Waals surface area (Å²) in [5.41, 5.74) is 0. The molecule has 1 saturated heterocycles. The Hall–Kier alpha value is -0.220. The average molecular weight is 174 g/mol. The SMILES string of the molecule is CSCCN1CC(=O)N(C)C1. The monoisotopic (exact) mass is 174 g/mol. The van der Waals surface area contributed by atoms with Gasteiger partial charge in [0, 0.05) is 19.3 Å².